The third-order valence-corrected chi connectivity index (χ3v) is 3.83. The van der Waals surface area contributed by atoms with Crippen LogP contribution in [0.25, 0.3) is 11.0 Å². The Morgan fingerprint density at radius 2 is 2.00 bits per heavy atom. The van der Waals surface area contributed by atoms with E-state index >= 15 is 0 Å². The Bertz CT molecular complexity index is 836. The van der Waals surface area contributed by atoms with E-state index < -0.39 is 0 Å². The molecule has 0 spiro atoms. The molecule has 0 aliphatic rings. The third-order valence-electron chi connectivity index (χ3n) is 3.83. The largest absolute Gasteiger partial charge is 0.497 e. The van der Waals surface area contributed by atoms with Crippen LogP contribution in [0.15, 0.2) is 52.9 Å². The van der Waals surface area contributed by atoms with Gasteiger partial charge in [0.15, 0.2) is 0 Å². The monoisotopic (exact) mass is 309 g/mol. The zero-order chi connectivity index (χ0) is 16.2. The van der Waals surface area contributed by atoms with E-state index in [1.807, 2.05) is 55.5 Å². The second-order valence-electron chi connectivity index (χ2n) is 5.39. The summed E-state index contributed by atoms with van der Waals surface area (Å²) < 4.78 is 10.8. The molecule has 0 aliphatic carbocycles. The number of hydrogen-bond donors (Lipinski definition) is 1. The maximum absolute atomic E-state index is 12.5. The van der Waals surface area contributed by atoms with Gasteiger partial charge in [-0.05, 0) is 37.1 Å². The number of aryl methyl sites for hydroxylation is 1. The summed E-state index contributed by atoms with van der Waals surface area (Å²) in [6, 6.07) is 15.4. The number of methoxy groups -OCH3 is 1. The molecule has 0 bridgehead atoms. The standard InChI is InChI=1S/C19H19NO3/c1-13-18(16-8-3-4-9-17(16)23-13)19(21)20-11-10-14-6-5-7-15(12-14)22-2/h3-9,12H,10-11H2,1-2H3,(H,20,21). The molecule has 0 saturated carbocycles. The van der Waals surface area contributed by atoms with Gasteiger partial charge in [0.25, 0.3) is 5.91 Å². The van der Waals surface area contributed by atoms with E-state index in [0.717, 1.165) is 28.7 Å². The van der Waals surface area contributed by atoms with Crippen LogP contribution in [0.5, 0.6) is 5.75 Å². The van der Waals surface area contributed by atoms with Crippen molar-refractivity contribution in [2.75, 3.05) is 13.7 Å². The summed E-state index contributed by atoms with van der Waals surface area (Å²) in [7, 11) is 1.65. The number of carbonyl (C=O) groups excluding carboxylic acids is 1. The lowest BCUT2D eigenvalue weighted by molar-refractivity contribution is 0.0954. The van der Waals surface area contributed by atoms with Crippen LogP contribution in [0.1, 0.15) is 21.7 Å². The van der Waals surface area contributed by atoms with Gasteiger partial charge in [-0.1, -0.05) is 30.3 Å². The highest BCUT2D eigenvalue weighted by molar-refractivity contribution is 6.07. The number of para-hydroxylation sites is 1. The average Bonchev–Trinajstić information content (AvgIpc) is 2.90. The van der Waals surface area contributed by atoms with Crippen LogP contribution in [0.4, 0.5) is 0 Å². The number of nitrogens with one attached hydrogen (secondary N) is 1. The number of ether oxygens (including phenoxy) is 1. The second kappa shape index (κ2) is 6.57. The number of benzene rings is 2. The highest BCUT2D eigenvalue weighted by atomic mass is 16.5. The molecule has 23 heavy (non-hydrogen) atoms. The molecule has 4 heteroatoms. The molecule has 1 aromatic heterocycles. The fourth-order valence-electron chi connectivity index (χ4n) is 2.69. The molecule has 0 fully saturated rings. The van der Waals surface area contributed by atoms with E-state index in [9.17, 15) is 4.79 Å². The number of furan rings is 1. The SMILES string of the molecule is COc1cccc(CCNC(=O)c2c(C)oc3ccccc23)c1. The molecule has 1 N–H and O–H groups in total. The number of rotatable bonds is 5. The Balaban J connectivity index is 1.68. The lowest BCUT2D eigenvalue weighted by Gasteiger charge is -2.06. The first-order chi connectivity index (χ1) is 11.2. The van der Waals surface area contributed by atoms with Crippen molar-refractivity contribution in [1.82, 2.24) is 5.32 Å². The molecule has 0 atom stereocenters. The number of hydrogen-bond acceptors (Lipinski definition) is 3. The van der Waals surface area contributed by atoms with Crippen LogP contribution < -0.4 is 10.1 Å². The van der Waals surface area contributed by atoms with Gasteiger partial charge in [-0.25, -0.2) is 0 Å². The molecular formula is C19H19NO3. The summed E-state index contributed by atoms with van der Waals surface area (Å²) in [6.45, 7) is 2.38. The van der Waals surface area contributed by atoms with Crippen molar-refractivity contribution in [2.45, 2.75) is 13.3 Å². The molecule has 3 rings (SSSR count). The van der Waals surface area contributed by atoms with Crippen molar-refractivity contribution in [3.63, 3.8) is 0 Å². The molecule has 4 nitrogen and oxygen atoms in total. The van der Waals surface area contributed by atoms with Crippen molar-refractivity contribution in [3.8, 4) is 5.75 Å². The van der Waals surface area contributed by atoms with Crippen LogP contribution in [-0.4, -0.2) is 19.6 Å². The Kier molecular flexibility index (Phi) is 4.33. The van der Waals surface area contributed by atoms with Gasteiger partial charge in [0.1, 0.15) is 17.1 Å². The van der Waals surface area contributed by atoms with E-state index in [-0.39, 0.29) is 5.91 Å². The Hall–Kier alpha value is -2.75. The summed E-state index contributed by atoms with van der Waals surface area (Å²) in [4.78, 5) is 12.5. The van der Waals surface area contributed by atoms with E-state index in [0.29, 0.717) is 17.9 Å². The van der Waals surface area contributed by atoms with E-state index in [4.69, 9.17) is 9.15 Å². The lowest BCUT2D eigenvalue weighted by Crippen LogP contribution is -2.26. The van der Waals surface area contributed by atoms with Gasteiger partial charge in [0, 0.05) is 11.9 Å². The van der Waals surface area contributed by atoms with Crippen LogP contribution in [-0.2, 0) is 6.42 Å². The van der Waals surface area contributed by atoms with E-state index in [2.05, 4.69) is 5.32 Å². The first-order valence-electron chi connectivity index (χ1n) is 7.58. The second-order valence-corrected chi connectivity index (χ2v) is 5.39. The van der Waals surface area contributed by atoms with Gasteiger partial charge < -0.3 is 14.5 Å². The zero-order valence-corrected chi connectivity index (χ0v) is 13.3. The van der Waals surface area contributed by atoms with E-state index in [1.165, 1.54) is 0 Å². The highest BCUT2D eigenvalue weighted by Gasteiger charge is 2.17. The van der Waals surface area contributed by atoms with Gasteiger partial charge in [-0.3, -0.25) is 4.79 Å². The van der Waals surface area contributed by atoms with E-state index in [1.54, 1.807) is 7.11 Å². The first-order valence-corrected chi connectivity index (χ1v) is 7.58. The van der Waals surface area contributed by atoms with Crippen molar-refractivity contribution < 1.29 is 13.9 Å². The van der Waals surface area contributed by atoms with Crippen molar-refractivity contribution in [2.24, 2.45) is 0 Å². The third kappa shape index (κ3) is 3.21. The number of fused-ring (bicyclic) bond motifs is 1. The Morgan fingerprint density at radius 3 is 2.83 bits per heavy atom. The van der Waals surface area contributed by atoms with Crippen LogP contribution >= 0.6 is 0 Å². The van der Waals surface area contributed by atoms with Crippen LogP contribution in [0, 0.1) is 6.92 Å². The van der Waals surface area contributed by atoms with Gasteiger partial charge >= 0.3 is 0 Å². The topological polar surface area (TPSA) is 51.5 Å². The van der Waals surface area contributed by atoms with Crippen LogP contribution in [0.3, 0.4) is 0 Å². The first kappa shape index (κ1) is 15.2. The number of carbonyl (C=O) groups is 1. The molecule has 0 saturated heterocycles. The summed E-state index contributed by atoms with van der Waals surface area (Å²) >= 11 is 0. The van der Waals surface area contributed by atoms with Gasteiger partial charge in [0.2, 0.25) is 0 Å². The molecule has 118 valence electrons. The Morgan fingerprint density at radius 1 is 1.17 bits per heavy atom. The minimum Gasteiger partial charge on any atom is -0.497 e. The molecular weight excluding hydrogens is 290 g/mol. The molecule has 1 heterocycles. The van der Waals surface area contributed by atoms with Gasteiger partial charge in [-0.15, -0.1) is 0 Å². The molecule has 1 amide bonds. The number of amides is 1. The quantitative estimate of drug-likeness (QED) is 0.781. The van der Waals surface area contributed by atoms with Gasteiger partial charge in [0.05, 0.1) is 12.7 Å². The normalized spacial score (nSPS) is 10.7. The van der Waals surface area contributed by atoms with Gasteiger partial charge in [-0.2, -0.15) is 0 Å². The summed E-state index contributed by atoms with van der Waals surface area (Å²) in [6.07, 6.45) is 0.748. The summed E-state index contributed by atoms with van der Waals surface area (Å²) in [5.74, 6) is 1.37. The zero-order valence-electron chi connectivity index (χ0n) is 13.3. The van der Waals surface area contributed by atoms with Crippen molar-refractivity contribution in [3.05, 3.63) is 65.4 Å². The smallest absolute Gasteiger partial charge is 0.255 e. The minimum absolute atomic E-state index is 0.102. The predicted octanol–water partition coefficient (Wildman–Crippen LogP) is 3.72. The van der Waals surface area contributed by atoms with Crippen LogP contribution in [0.2, 0.25) is 0 Å². The molecule has 0 radical (unpaired) electrons. The molecule has 2 aromatic carbocycles. The molecule has 3 aromatic rings. The average molecular weight is 309 g/mol. The summed E-state index contributed by atoms with van der Waals surface area (Å²) in [5, 5.41) is 3.82. The molecule has 0 aliphatic heterocycles. The lowest BCUT2D eigenvalue weighted by atomic mass is 10.1. The van der Waals surface area contributed by atoms with Crippen molar-refractivity contribution in [1.29, 1.82) is 0 Å². The fourth-order valence-corrected chi connectivity index (χ4v) is 2.69. The maximum atomic E-state index is 12.5. The summed E-state index contributed by atoms with van der Waals surface area (Å²) in [5.41, 5.74) is 2.48. The maximum Gasteiger partial charge on any atom is 0.255 e. The van der Waals surface area contributed by atoms with Crippen molar-refractivity contribution >= 4 is 16.9 Å². The highest BCUT2D eigenvalue weighted by Crippen LogP contribution is 2.25. The molecule has 0 unspecified atom stereocenters. The predicted molar refractivity (Wildman–Crippen MR) is 90.0 cm³/mol. The fraction of sp³-hybridized carbons (Fsp3) is 0.211. The Labute approximate surface area is 135 Å². The minimum atomic E-state index is -0.102.